The number of amides is 2. The van der Waals surface area contributed by atoms with Gasteiger partial charge in [-0.05, 0) is 18.2 Å². The molecule has 1 N–H and O–H groups in total. The van der Waals surface area contributed by atoms with Crippen LogP contribution in [0.4, 0.5) is 13.2 Å². The van der Waals surface area contributed by atoms with E-state index < -0.39 is 11.6 Å². The third-order valence-electron chi connectivity index (χ3n) is 2.59. The van der Waals surface area contributed by atoms with E-state index in [-0.39, 0.29) is 48.8 Å². The van der Waals surface area contributed by atoms with Crippen molar-refractivity contribution in [3.8, 4) is 0 Å². The Balaban J connectivity index is 2.52. The SMILES string of the molecule is CCC1NC(=O)CCN(CCSC(F)(F)F)C1=O. The average Bonchev–Trinajstić information content (AvgIpc) is 2.39. The first-order valence-corrected chi connectivity index (χ1v) is 6.61. The fourth-order valence-corrected chi connectivity index (χ4v) is 2.21. The lowest BCUT2D eigenvalue weighted by Gasteiger charge is -2.23. The first-order valence-electron chi connectivity index (χ1n) is 5.62. The van der Waals surface area contributed by atoms with Gasteiger partial charge < -0.3 is 10.2 Å². The smallest absolute Gasteiger partial charge is 0.344 e. The lowest BCUT2D eigenvalue weighted by molar-refractivity contribution is -0.133. The molecule has 0 bridgehead atoms. The molecule has 1 heterocycles. The van der Waals surface area contributed by atoms with E-state index in [0.717, 1.165) is 0 Å². The fraction of sp³-hybridized carbons (Fsp3) is 0.800. The number of hydrogen-bond acceptors (Lipinski definition) is 3. The van der Waals surface area contributed by atoms with E-state index in [9.17, 15) is 22.8 Å². The van der Waals surface area contributed by atoms with Crippen molar-refractivity contribution in [1.82, 2.24) is 10.2 Å². The molecule has 2 amide bonds. The van der Waals surface area contributed by atoms with Gasteiger partial charge in [-0.1, -0.05) is 6.92 Å². The first-order chi connectivity index (χ1) is 8.33. The molecule has 1 rings (SSSR count). The van der Waals surface area contributed by atoms with Crippen LogP contribution in [-0.4, -0.2) is 47.1 Å². The third kappa shape index (κ3) is 4.75. The average molecular weight is 284 g/mol. The van der Waals surface area contributed by atoms with Crippen LogP contribution >= 0.6 is 11.8 Å². The van der Waals surface area contributed by atoms with Crippen LogP contribution in [0.1, 0.15) is 19.8 Å². The predicted octanol–water partition coefficient (Wildman–Crippen LogP) is 1.37. The summed E-state index contributed by atoms with van der Waals surface area (Å²) in [5, 5.41) is 2.56. The highest BCUT2D eigenvalue weighted by atomic mass is 32.2. The topological polar surface area (TPSA) is 49.4 Å². The minimum Gasteiger partial charge on any atom is -0.344 e. The van der Waals surface area contributed by atoms with Gasteiger partial charge in [-0.2, -0.15) is 13.2 Å². The Labute approximate surface area is 107 Å². The molecule has 1 atom stereocenters. The summed E-state index contributed by atoms with van der Waals surface area (Å²) in [6.45, 7) is 1.94. The van der Waals surface area contributed by atoms with E-state index in [2.05, 4.69) is 5.32 Å². The van der Waals surface area contributed by atoms with Crippen LogP contribution in [-0.2, 0) is 9.59 Å². The maximum absolute atomic E-state index is 12.0. The van der Waals surface area contributed by atoms with Crippen LogP contribution in [0.5, 0.6) is 0 Å². The number of halogens is 3. The van der Waals surface area contributed by atoms with Gasteiger partial charge in [0.05, 0.1) is 0 Å². The molecular weight excluding hydrogens is 269 g/mol. The quantitative estimate of drug-likeness (QED) is 0.848. The van der Waals surface area contributed by atoms with Gasteiger partial charge >= 0.3 is 5.51 Å². The summed E-state index contributed by atoms with van der Waals surface area (Å²) >= 11 is -0.154. The minimum absolute atomic E-state index is 0.00840. The van der Waals surface area contributed by atoms with Crippen LogP contribution in [0.2, 0.25) is 0 Å². The number of nitrogens with zero attached hydrogens (tertiary/aromatic N) is 1. The zero-order valence-electron chi connectivity index (χ0n) is 9.92. The van der Waals surface area contributed by atoms with Crippen LogP contribution in [0.15, 0.2) is 0 Å². The molecule has 0 aromatic rings. The Kier molecular flexibility index (Phi) is 5.30. The summed E-state index contributed by atoms with van der Waals surface area (Å²) < 4.78 is 36.0. The summed E-state index contributed by atoms with van der Waals surface area (Å²) in [6.07, 6.45) is 0.576. The minimum atomic E-state index is -4.28. The molecule has 1 unspecified atom stereocenters. The number of carbonyl (C=O) groups excluding carboxylic acids is 2. The van der Waals surface area contributed by atoms with Gasteiger partial charge in [0, 0.05) is 25.3 Å². The van der Waals surface area contributed by atoms with Crippen molar-refractivity contribution < 1.29 is 22.8 Å². The predicted molar refractivity (Wildman–Crippen MR) is 61.9 cm³/mol. The molecule has 1 aliphatic rings. The van der Waals surface area contributed by atoms with Gasteiger partial charge in [0.2, 0.25) is 11.8 Å². The number of alkyl halides is 3. The molecule has 0 aliphatic carbocycles. The molecule has 1 saturated heterocycles. The normalized spacial score (nSPS) is 21.8. The Morgan fingerprint density at radius 3 is 2.67 bits per heavy atom. The van der Waals surface area contributed by atoms with Crippen LogP contribution in [0.25, 0.3) is 0 Å². The Morgan fingerprint density at radius 2 is 2.11 bits per heavy atom. The van der Waals surface area contributed by atoms with Crippen LogP contribution in [0, 0.1) is 0 Å². The zero-order valence-corrected chi connectivity index (χ0v) is 10.7. The summed E-state index contributed by atoms with van der Waals surface area (Å²) in [6, 6.07) is -0.615. The van der Waals surface area contributed by atoms with E-state index in [1.54, 1.807) is 6.92 Å². The summed E-state index contributed by atoms with van der Waals surface area (Å²) in [7, 11) is 0. The Hall–Kier alpha value is -0.920. The van der Waals surface area contributed by atoms with E-state index in [1.165, 1.54) is 4.90 Å². The van der Waals surface area contributed by atoms with E-state index in [1.807, 2.05) is 0 Å². The van der Waals surface area contributed by atoms with Crippen LogP contribution < -0.4 is 5.32 Å². The number of thioether (sulfide) groups is 1. The lowest BCUT2D eigenvalue weighted by Crippen LogP contribution is -2.44. The van der Waals surface area contributed by atoms with Crippen molar-refractivity contribution in [2.45, 2.75) is 31.3 Å². The highest BCUT2D eigenvalue weighted by Gasteiger charge is 2.31. The molecule has 0 radical (unpaired) electrons. The summed E-state index contributed by atoms with van der Waals surface area (Å²) in [5.74, 6) is -0.743. The summed E-state index contributed by atoms with van der Waals surface area (Å²) in [4.78, 5) is 24.5. The summed E-state index contributed by atoms with van der Waals surface area (Å²) in [5.41, 5.74) is -4.28. The van der Waals surface area contributed by atoms with Crippen molar-refractivity contribution in [1.29, 1.82) is 0 Å². The highest BCUT2D eigenvalue weighted by molar-refractivity contribution is 8.00. The first kappa shape index (κ1) is 15.1. The molecule has 0 spiro atoms. The van der Waals surface area contributed by atoms with Gasteiger partial charge in [0.15, 0.2) is 0 Å². The van der Waals surface area contributed by atoms with Gasteiger partial charge in [0.1, 0.15) is 6.04 Å². The van der Waals surface area contributed by atoms with Gasteiger partial charge in [0.25, 0.3) is 0 Å². The standard InChI is InChI=1S/C10H15F3N2O2S/c1-2-7-9(17)15(4-3-8(16)14-7)5-6-18-10(11,12)13/h7H,2-6H2,1H3,(H,14,16). The molecule has 0 aromatic heterocycles. The monoisotopic (exact) mass is 284 g/mol. The van der Waals surface area contributed by atoms with Gasteiger partial charge in [-0.15, -0.1) is 0 Å². The molecular formula is C10H15F3N2O2S. The second kappa shape index (κ2) is 6.31. The molecule has 18 heavy (non-hydrogen) atoms. The number of hydrogen-bond donors (Lipinski definition) is 1. The van der Waals surface area contributed by atoms with E-state index >= 15 is 0 Å². The highest BCUT2D eigenvalue weighted by Crippen LogP contribution is 2.29. The number of rotatable bonds is 4. The second-order valence-electron chi connectivity index (χ2n) is 3.90. The van der Waals surface area contributed by atoms with Crippen molar-refractivity contribution in [3.05, 3.63) is 0 Å². The van der Waals surface area contributed by atoms with Gasteiger partial charge in [-0.25, -0.2) is 0 Å². The molecule has 1 aliphatic heterocycles. The van der Waals surface area contributed by atoms with Gasteiger partial charge in [-0.3, -0.25) is 9.59 Å². The third-order valence-corrected chi connectivity index (χ3v) is 3.30. The molecule has 104 valence electrons. The number of nitrogens with one attached hydrogen (secondary N) is 1. The largest absolute Gasteiger partial charge is 0.441 e. The molecule has 8 heteroatoms. The van der Waals surface area contributed by atoms with Crippen molar-refractivity contribution in [2.24, 2.45) is 0 Å². The van der Waals surface area contributed by atoms with Crippen LogP contribution in [0.3, 0.4) is 0 Å². The molecule has 1 fully saturated rings. The maximum atomic E-state index is 12.0. The number of carbonyl (C=O) groups is 2. The lowest BCUT2D eigenvalue weighted by atomic mass is 10.2. The Bertz CT molecular complexity index is 323. The molecule has 0 aromatic carbocycles. The van der Waals surface area contributed by atoms with E-state index in [4.69, 9.17) is 0 Å². The fourth-order valence-electron chi connectivity index (χ4n) is 1.67. The van der Waals surface area contributed by atoms with Crippen molar-refractivity contribution in [3.63, 3.8) is 0 Å². The Morgan fingerprint density at radius 1 is 1.44 bits per heavy atom. The molecule has 4 nitrogen and oxygen atoms in total. The van der Waals surface area contributed by atoms with E-state index in [0.29, 0.717) is 6.42 Å². The van der Waals surface area contributed by atoms with Crippen molar-refractivity contribution >= 4 is 23.6 Å². The second-order valence-corrected chi connectivity index (χ2v) is 5.06. The molecule has 0 saturated carbocycles. The maximum Gasteiger partial charge on any atom is 0.441 e. The zero-order chi connectivity index (χ0) is 13.8. The van der Waals surface area contributed by atoms with Crippen molar-refractivity contribution in [2.75, 3.05) is 18.8 Å².